The van der Waals surface area contributed by atoms with Gasteiger partial charge in [0.15, 0.2) is 5.82 Å². The SMILES string of the molecule is c1ccc(-c2cc(-c3cccc4c3-c3cc5sccc5cc3C43c4ccccc4Sc4ccccc43)nc(-c3ccccc3)n2)cc1. The maximum absolute atomic E-state index is 5.31. The van der Waals surface area contributed by atoms with Crippen molar-refractivity contribution in [3.05, 3.63) is 179 Å². The van der Waals surface area contributed by atoms with E-state index in [1.54, 1.807) is 11.3 Å². The van der Waals surface area contributed by atoms with Crippen LogP contribution in [-0.4, -0.2) is 9.97 Å². The Hall–Kier alpha value is -5.29. The molecular formula is C43H26N2S2. The zero-order valence-corrected chi connectivity index (χ0v) is 26.9. The van der Waals surface area contributed by atoms with Crippen LogP contribution in [0.3, 0.4) is 0 Å². The summed E-state index contributed by atoms with van der Waals surface area (Å²) in [5, 5.41) is 3.50. The summed E-state index contributed by atoms with van der Waals surface area (Å²) < 4.78 is 1.30. The molecule has 0 atom stereocenters. The molecule has 0 bridgehead atoms. The van der Waals surface area contributed by atoms with Gasteiger partial charge in [0.25, 0.3) is 0 Å². The third kappa shape index (κ3) is 3.92. The molecule has 3 heterocycles. The number of thiophene rings is 1. The first-order valence-electron chi connectivity index (χ1n) is 15.8. The van der Waals surface area contributed by atoms with Crippen LogP contribution < -0.4 is 0 Å². The molecule has 1 aliphatic heterocycles. The lowest BCUT2D eigenvalue weighted by atomic mass is 9.67. The van der Waals surface area contributed by atoms with Gasteiger partial charge in [-0.2, -0.15) is 0 Å². The van der Waals surface area contributed by atoms with Crippen molar-refractivity contribution in [2.24, 2.45) is 0 Å². The Bertz CT molecular complexity index is 2400. The number of benzene rings is 6. The molecule has 6 aromatic carbocycles. The average Bonchev–Trinajstić information content (AvgIpc) is 3.72. The highest BCUT2D eigenvalue weighted by molar-refractivity contribution is 7.99. The Morgan fingerprint density at radius 2 is 1.11 bits per heavy atom. The van der Waals surface area contributed by atoms with E-state index in [0.29, 0.717) is 0 Å². The zero-order chi connectivity index (χ0) is 31.0. The van der Waals surface area contributed by atoms with Gasteiger partial charge in [-0.25, -0.2) is 9.97 Å². The summed E-state index contributed by atoms with van der Waals surface area (Å²) in [4.78, 5) is 13.0. The average molecular weight is 635 g/mol. The molecule has 1 spiro atoms. The summed E-state index contributed by atoms with van der Waals surface area (Å²) in [5.74, 6) is 0.728. The second-order valence-electron chi connectivity index (χ2n) is 12.1. The van der Waals surface area contributed by atoms with Crippen LogP contribution >= 0.6 is 23.1 Å². The Kier molecular flexibility index (Phi) is 5.93. The Labute approximate surface area is 281 Å². The van der Waals surface area contributed by atoms with Crippen LogP contribution in [0.5, 0.6) is 0 Å². The van der Waals surface area contributed by atoms with Crippen molar-refractivity contribution >= 4 is 33.2 Å². The van der Waals surface area contributed by atoms with Gasteiger partial charge in [-0.1, -0.05) is 127 Å². The molecule has 0 radical (unpaired) electrons. The predicted molar refractivity (Wildman–Crippen MR) is 195 cm³/mol. The van der Waals surface area contributed by atoms with Gasteiger partial charge in [-0.15, -0.1) is 11.3 Å². The number of rotatable bonds is 3. The lowest BCUT2D eigenvalue weighted by molar-refractivity contribution is 0.723. The van der Waals surface area contributed by atoms with E-state index in [0.717, 1.165) is 33.9 Å². The molecule has 0 saturated heterocycles. The van der Waals surface area contributed by atoms with E-state index in [4.69, 9.17) is 9.97 Å². The Balaban J connectivity index is 1.33. The largest absolute Gasteiger partial charge is 0.228 e. The van der Waals surface area contributed by atoms with E-state index >= 15 is 0 Å². The highest BCUT2D eigenvalue weighted by Gasteiger charge is 2.51. The van der Waals surface area contributed by atoms with E-state index in [-0.39, 0.29) is 0 Å². The van der Waals surface area contributed by atoms with Gasteiger partial charge in [0, 0.05) is 31.2 Å². The molecule has 0 saturated carbocycles. The normalized spacial score (nSPS) is 13.6. The van der Waals surface area contributed by atoms with E-state index in [9.17, 15) is 0 Å². The minimum Gasteiger partial charge on any atom is -0.228 e. The lowest BCUT2D eigenvalue weighted by Gasteiger charge is -2.39. The number of fused-ring (bicyclic) bond motifs is 10. The standard InChI is InChI=1S/C43H26N2S2/c1-3-12-27(13-4-1)36-26-37(45-42(44-36)28-14-5-2-6-15-28)30-16-11-19-34-41(30)31-25-40-29(22-23-46-40)24-35(31)43(34)32-17-7-9-20-38(32)47-39-21-10-8-18-33(39)43/h1-26H. The molecule has 0 amide bonds. The molecule has 220 valence electrons. The Morgan fingerprint density at radius 3 is 1.85 bits per heavy atom. The zero-order valence-electron chi connectivity index (χ0n) is 25.2. The molecule has 2 aliphatic rings. The van der Waals surface area contributed by atoms with Crippen LogP contribution in [0.4, 0.5) is 0 Å². The molecule has 47 heavy (non-hydrogen) atoms. The minimum absolute atomic E-state index is 0.452. The highest BCUT2D eigenvalue weighted by atomic mass is 32.2. The molecule has 0 fully saturated rings. The van der Waals surface area contributed by atoms with Crippen molar-refractivity contribution in [3.63, 3.8) is 0 Å². The summed E-state index contributed by atoms with van der Waals surface area (Å²) in [6.45, 7) is 0. The van der Waals surface area contributed by atoms with E-state index in [1.807, 2.05) is 23.9 Å². The van der Waals surface area contributed by atoms with Gasteiger partial charge >= 0.3 is 0 Å². The maximum atomic E-state index is 5.31. The second-order valence-corrected chi connectivity index (χ2v) is 14.2. The van der Waals surface area contributed by atoms with Gasteiger partial charge in [0.05, 0.1) is 16.8 Å². The van der Waals surface area contributed by atoms with Crippen molar-refractivity contribution in [1.82, 2.24) is 9.97 Å². The summed E-state index contributed by atoms with van der Waals surface area (Å²) in [6, 6.07) is 54.9. The lowest BCUT2D eigenvalue weighted by Crippen LogP contribution is -2.31. The molecule has 4 heteroatoms. The molecule has 0 unspecified atom stereocenters. The maximum Gasteiger partial charge on any atom is 0.160 e. The monoisotopic (exact) mass is 634 g/mol. The molecule has 2 aromatic heterocycles. The number of nitrogens with zero attached hydrogens (tertiary/aromatic N) is 2. The fourth-order valence-corrected chi connectivity index (χ4v) is 9.68. The van der Waals surface area contributed by atoms with Crippen LogP contribution in [0.25, 0.3) is 55.1 Å². The molecule has 10 rings (SSSR count). The van der Waals surface area contributed by atoms with Crippen molar-refractivity contribution < 1.29 is 0 Å². The van der Waals surface area contributed by atoms with E-state index in [1.165, 1.54) is 53.3 Å². The fourth-order valence-electron chi connectivity index (χ4n) is 7.67. The summed E-state index contributed by atoms with van der Waals surface area (Å²) in [7, 11) is 0. The first-order chi connectivity index (χ1) is 23.3. The van der Waals surface area contributed by atoms with Crippen molar-refractivity contribution in [1.29, 1.82) is 0 Å². The van der Waals surface area contributed by atoms with Crippen LogP contribution in [-0.2, 0) is 5.41 Å². The van der Waals surface area contributed by atoms with E-state index < -0.39 is 5.41 Å². The first-order valence-corrected chi connectivity index (χ1v) is 17.5. The fraction of sp³-hybridized carbons (Fsp3) is 0.0233. The first kappa shape index (κ1) is 26.9. The molecule has 0 N–H and O–H groups in total. The van der Waals surface area contributed by atoms with Crippen molar-refractivity contribution in [2.45, 2.75) is 15.2 Å². The van der Waals surface area contributed by atoms with Crippen molar-refractivity contribution in [3.8, 4) is 45.0 Å². The minimum atomic E-state index is -0.452. The van der Waals surface area contributed by atoms with Crippen molar-refractivity contribution in [2.75, 3.05) is 0 Å². The number of hydrogen-bond acceptors (Lipinski definition) is 4. The molecule has 8 aromatic rings. The molecule has 2 nitrogen and oxygen atoms in total. The van der Waals surface area contributed by atoms with Crippen LogP contribution in [0.15, 0.2) is 167 Å². The summed E-state index contributed by atoms with van der Waals surface area (Å²) >= 11 is 3.68. The third-order valence-corrected chi connectivity index (χ3v) is 11.7. The molecular weight excluding hydrogens is 609 g/mol. The molecule has 1 aliphatic carbocycles. The topological polar surface area (TPSA) is 25.8 Å². The van der Waals surface area contributed by atoms with Gasteiger partial charge in [0.1, 0.15) is 0 Å². The van der Waals surface area contributed by atoms with Gasteiger partial charge in [-0.05, 0) is 80.5 Å². The quantitative estimate of drug-likeness (QED) is 0.193. The highest BCUT2D eigenvalue weighted by Crippen LogP contribution is 2.64. The van der Waals surface area contributed by atoms with Gasteiger partial charge in [0.2, 0.25) is 0 Å². The van der Waals surface area contributed by atoms with E-state index in [2.05, 4.69) is 145 Å². The third-order valence-electron chi connectivity index (χ3n) is 9.64. The summed E-state index contributed by atoms with van der Waals surface area (Å²) in [5.41, 5.74) is 12.5. The van der Waals surface area contributed by atoms with Gasteiger partial charge in [-0.3, -0.25) is 0 Å². The van der Waals surface area contributed by atoms with Gasteiger partial charge < -0.3 is 0 Å². The number of hydrogen-bond donors (Lipinski definition) is 0. The Morgan fingerprint density at radius 1 is 0.468 bits per heavy atom. The van der Waals surface area contributed by atoms with Crippen LogP contribution in [0, 0.1) is 0 Å². The van der Waals surface area contributed by atoms with Crippen LogP contribution in [0.1, 0.15) is 22.3 Å². The number of aromatic nitrogens is 2. The second kappa shape index (κ2) is 10.4. The summed E-state index contributed by atoms with van der Waals surface area (Å²) in [6.07, 6.45) is 0. The predicted octanol–water partition coefficient (Wildman–Crippen LogP) is 11.5. The smallest absolute Gasteiger partial charge is 0.160 e. The van der Waals surface area contributed by atoms with Crippen LogP contribution in [0.2, 0.25) is 0 Å².